The van der Waals surface area contributed by atoms with Gasteiger partial charge in [-0.25, -0.2) is 4.79 Å². The van der Waals surface area contributed by atoms with E-state index in [1.54, 1.807) is 44.2 Å². The van der Waals surface area contributed by atoms with Gasteiger partial charge in [0.1, 0.15) is 5.82 Å². The zero-order valence-electron chi connectivity index (χ0n) is 11.6. The molecule has 2 aromatic rings. The van der Waals surface area contributed by atoms with Crippen molar-refractivity contribution in [2.24, 2.45) is 4.99 Å². The molecule has 6 nitrogen and oxygen atoms in total. The maximum absolute atomic E-state index is 10.2. The average Bonchev–Trinajstić information content (AvgIpc) is 2.54. The molecule has 1 aromatic carbocycles. The van der Waals surface area contributed by atoms with E-state index >= 15 is 0 Å². The second kappa shape index (κ2) is 7.42. The van der Waals surface area contributed by atoms with Gasteiger partial charge in [-0.3, -0.25) is 0 Å². The van der Waals surface area contributed by atoms with E-state index in [1.807, 2.05) is 12.1 Å². The molecule has 21 heavy (non-hydrogen) atoms. The standard InChI is InChI=1S/C14H13N3O3S/c1-19-13-7-14(20-2)17-12(16-13)8-21-11-5-3-10(4-6-11)15-9-18/h3-7H,8H2,1-2H3. The molecule has 0 radical (unpaired) electrons. The Labute approximate surface area is 126 Å². The third-order valence-corrected chi connectivity index (χ3v) is 3.53. The van der Waals surface area contributed by atoms with E-state index in [2.05, 4.69) is 15.0 Å². The first-order valence-corrected chi connectivity index (χ1v) is 7.00. The molecule has 2 rings (SSSR count). The summed E-state index contributed by atoms with van der Waals surface area (Å²) in [6, 6.07) is 8.87. The smallest absolute Gasteiger partial charge is 0.240 e. The fourth-order valence-electron chi connectivity index (χ4n) is 1.54. The molecule has 0 aliphatic rings. The van der Waals surface area contributed by atoms with Gasteiger partial charge < -0.3 is 9.47 Å². The van der Waals surface area contributed by atoms with Gasteiger partial charge in [0, 0.05) is 4.90 Å². The summed E-state index contributed by atoms with van der Waals surface area (Å²) in [5.74, 6) is 2.12. The highest BCUT2D eigenvalue weighted by Crippen LogP contribution is 2.25. The molecule has 1 heterocycles. The number of rotatable bonds is 6. The predicted octanol–water partition coefficient (Wildman–Crippen LogP) is 2.75. The van der Waals surface area contributed by atoms with Gasteiger partial charge in [0.25, 0.3) is 0 Å². The van der Waals surface area contributed by atoms with E-state index in [1.165, 1.54) is 6.08 Å². The topological polar surface area (TPSA) is 73.7 Å². The van der Waals surface area contributed by atoms with E-state index in [4.69, 9.17) is 9.47 Å². The number of aliphatic imine (C=N–C) groups is 1. The number of benzene rings is 1. The third kappa shape index (κ3) is 4.30. The summed E-state index contributed by atoms with van der Waals surface area (Å²) in [4.78, 5) is 23.2. The Morgan fingerprint density at radius 3 is 2.29 bits per heavy atom. The van der Waals surface area contributed by atoms with Gasteiger partial charge in [-0.15, -0.1) is 11.8 Å². The highest BCUT2D eigenvalue weighted by molar-refractivity contribution is 7.98. The van der Waals surface area contributed by atoms with Crippen LogP contribution < -0.4 is 9.47 Å². The van der Waals surface area contributed by atoms with Crippen LogP contribution in [0.5, 0.6) is 11.8 Å². The van der Waals surface area contributed by atoms with Crippen molar-refractivity contribution in [2.75, 3.05) is 14.2 Å². The number of hydrogen-bond acceptors (Lipinski definition) is 7. The third-order valence-electron chi connectivity index (χ3n) is 2.52. The minimum Gasteiger partial charge on any atom is -0.481 e. The molecule has 0 atom stereocenters. The Morgan fingerprint density at radius 1 is 1.14 bits per heavy atom. The largest absolute Gasteiger partial charge is 0.481 e. The summed E-state index contributed by atoms with van der Waals surface area (Å²) >= 11 is 1.56. The number of nitrogens with zero attached hydrogens (tertiary/aromatic N) is 3. The maximum atomic E-state index is 10.2. The van der Waals surface area contributed by atoms with Crippen molar-refractivity contribution >= 4 is 23.5 Å². The van der Waals surface area contributed by atoms with Gasteiger partial charge in [-0.05, 0) is 24.3 Å². The summed E-state index contributed by atoms with van der Waals surface area (Å²) < 4.78 is 10.2. The molecule has 7 heteroatoms. The predicted molar refractivity (Wildman–Crippen MR) is 78.9 cm³/mol. The lowest BCUT2D eigenvalue weighted by Crippen LogP contribution is -1.99. The van der Waals surface area contributed by atoms with Gasteiger partial charge in [-0.1, -0.05) is 0 Å². The number of ether oxygens (including phenoxy) is 2. The van der Waals surface area contributed by atoms with Gasteiger partial charge in [0.15, 0.2) is 0 Å². The van der Waals surface area contributed by atoms with Crippen molar-refractivity contribution in [3.8, 4) is 11.8 Å². The number of isocyanates is 1. The first-order chi connectivity index (χ1) is 10.2. The van der Waals surface area contributed by atoms with E-state index in [9.17, 15) is 4.79 Å². The Hall–Kier alpha value is -2.37. The van der Waals surface area contributed by atoms with Crippen molar-refractivity contribution in [1.29, 1.82) is 0 Å². The SMILES string of the molecule is COc1cc(OC)nc(CSc2ccc(N=C=O)cc2)n1. The second-order valence-electron chi connectivity index (χ2n) is 3.85. The highest BCUT2D eigenvalue weighted by atomic mass is 32.2. The lowest BCUT2D eigenvalue weighted by atomic mass is 10.3. The Balaban J connectivity index is 2.06. The summed E-state index contributed by atoms with van der Waals surface area (Å²) in [6.45, 7) is 0. The normalized spacial score (nSPS) is 9.81. The van der Waals surface area contributed by atoms with E-state index in [0.717, 1.165) is 4.90 Å². The molecule has 0 bridgehead atoms. The van der Waals surface area contributed by atoms with E-state index < -0.39 is 0 Å². The maximum Gasteiger partial charge on any atom is 0.240 e. The molecule has 0 N–H and O–H groups in total. The average molecular weight is 303 g/mol. The molecular formula is C14H13N3O3S. The molecule has 0 saturated carbocycles. The van der Waals surface area contributed by atoms with Gasteiger partial charge in [0.2, 0.25) is 17.8 Å². The van der Waals surface area contributed by atoms with E-state index in [0.29, 0.717) is 29.0 Å². The summed E-state index contributed by atoms with van der Waals surface area (Å²) in [5, 5.41) is 0. The fourth-order valence-corrected chi connectivity index (χ4v) is 2.29. The van der Waals surface area contributed by atoms with Crippen molar-refractivity contribution in [3.05, 3.63) is 36.2 Å². The van der Waals surface area contributed by atoms with Crippen LogP contribution in [-0.4, -0.2) is 30.3 Å². The number of aromatic nitrogens is 2. The van der Waals surface area contributed by atoms with Crippen molar-refractivity contribution in [3.63, 3.8) is 0 Å². The van der Waals surface area contributed by atoms with Crippen LogP contribution in [0.3, 0.4) is 0 Å². The summed E-state index contributed by atoms with van der Waals surface area (Å²) in [7, 11) is 3.09. The Morgan fingerprint density at radius 2 is 1.76 bits per heavy atom. The number of thioether (sulfide) groups is 1. The van der Waals surface area contributed by atoms with Gasteiger partial charge in [0.05, 0.1) is 31.7 Å². The first kappa shape index (κ1) is 15.0. The summed E-state index contributed by atoms with van der Waals surface area (Å²) in [6.07, 6.45) is 1.51. The highest BCUT2D eigenvalue weighted by Gasteiger charge is 2.06. The zero-order valence-corrected chi connectivity index (χ0v) is 12.4. The monoisotopic (exact) mass is 303 g/mol. The Bertz CT molecular complexity index is 633. The molecule has 0 aliphatic heterocycles. The van der Waals surface area contributed by atoms with Crippen molar-refractivity contribution in [2.45, 2.75) is 10.6 Å². The minimum absolute atomic E-state index is 0.466. The van der Waals surface area contributed by atoms with Crippen LogP contribution in [0.1, 0.15) is 5.82 Å². The molecule has 0 unspecified atom stereocenters. The van der Waals surface area contributed by atoms with Crippen molar-refractivity contribution < 1.29 is 14.3 Å². The molecular weight excluding hydrogens is 290 g/mol. The zero-order chi connectivity index (χ0) is 15.1. The molecule has 0 saturated heterocycles. The van der Waals surface area contributed by atoms with Crippen LogP contribution in [0.25, 0.3) is 0 Å². The van der Waals surface area contributed by atoms with Crippen LogP contribution in [0.15, 0.2) is 40.2 Å². The minimum atomic E-state index is 0.466. The van der Waals surface area contributed by atoms with Crippen LogP contribution in [0.4, 0.5) is 5.69 Å². The van der Waals surface area contributed by atoms with Crippen LogP contribution in [-0.2, 0) is 10.5 Å². The van der Waals surface area contributed by atoms with Gasteiger partial charge in [-0.2, -0.15) is 15.0 Å². The van der Waals surface area contributed by atoms with Crippen LogP contribution in [0, 0.1) is 0 Å². The number of carbonyl (C=O) groups excluding carboxylic acids is 1. The quantitative estimate of drug-likeness (QED) is 0.464. The molecule has 0 fully saturated rings. The number of methoxy groups -OCH3 is 2. The van der Waals surface area contributed by atoms with E-state index in [-0.39, 0.29) is 0 Å². The molecule has 0 amide bonds. The molecule has 0 spiro atoms. The molecule has 0 aliphatic carbocycles. The lowest BCUT2D eigenvalue weighted by Gasteiger charge is -2.06. The second-order valence-corrected chi connectivity index (χ2v) is 4.90. The van der Waals surface area contributed by atoms with Crippen molar-refractivity contribution in [1.82, 2.24) is 9.97 Å². The number of hydrogen-bond donors (Lipinski definition) is 0. The van der Waals surface area contributed by atoms with Crippen LogP contribution >= 0.6 is 11.8 Å². The fraction of sp³-hybridized carbons (Fsp3) is 0.214. The summed E-state index contributed by atoms with van der Waals surface area (Å²) in [5.41, 5.74) is 0.577. The first-order valence-electron chi connectivity index (χ1n) is 6.02. The molecule has 108 valence electrons. The molecule has 1 aromatic heterocycles. The lowest BCUT2D eigenvalue weighted by molar-refractivity contribution is 0.369. The van der Waals surface area contributed by atoms with Gasteiger partial charge >= 0.3 is 0 Å². The Kier molecular flexibility index (Phi) is 5.31. The van der Waals surface area contributed by atoms with Crippen LogP contribution in [0.2, 0.25) is 0 Å².